The lowest BCUT2D eigenvalue weighted by Crippen LogP contribution is -2.17. The quantitative estimate of drug-likeness (QED) is 0.430. The molecule has 0 aliphatic heterocycles. The fraction of sp³-hybridized carbons (Fsp3) is 0. The topological polar surface area (TPSA) is 54.6 Å². The zero-order valence-electron chi connectivity index (χ0n) is 9.06. The molecule has 18 heavy (non-hydrogen) atoms. The van der Waals surface area contributed by atoms with Crippen molar-refractivity contribution in [2.45, 2.75) is 0 Å². The van der Waals surface area contributed by atoms with Crippen molar-refractivity contribution < 1.29 is 9.21 Å². The molecular weight excluding hydrogens is 458 g/mol. The predicted octanol–water partition coefficient (Wildman–Crippen LogP) is 3.25. The summed E-state index contributed by atoms with van der Waals surface area (Å²) in [6.07, 6.45) is 1.47. The number of carbonyl (C=O) groups excluding carboxylic acids is 1. The Morgan fingerprint density at radius 1 is 1.17 bits per heavy atom. The van der Waals surface area contributed by atoms with E-state index < -0.39 is 0 Å². The molecule has 0 saturated carbocycles. The number of amides is 1. The Balaban J connectivity index is 1.96. The first-order valence-corrected chi connectivity index (χ1v) is 7.15. The summed E-state index contributed by atoms with van der Waals surface area (Å²) in [6, 6.07) is 10.8. The first-order chi connectivity index (χ1) is 8.65. The van der Waals surface area contributed by atoms with Crippen LogP contribution in [0.3, 0.4) is 0 Å². The summed E-state index contributed by atoms with van der Waals surface area (Å²) in [7, 11) is 0. The fourth-order valence-corrected chi connectivity index (χ4v) is 2.01. The fourth-order valence-electron chi connectivity index (χ4n) is 1.22. The van der Waals surface area contributed by atoms with Gasteiger partial charge in [-0.25, -0.2) is 5.43 Å². The number of carbonyl (C=O) groups is 1. The molecule has 1 N–H and O–H groups in total. The lowest BCUT2D eigenvalue weighted by atomic mass is 10.2. The van der Waals surface area contributed by atoms with Crippen LogP contribution in [0, 0.1) is 7.34 Å². The zero-order valence-corrected chi connectivity index (χ0v) is 13.4. The molecule has 0 aliphatic rings. The van der Waals surface area contributed by atoms with Crippen molar-refractivity contribution >= 4 is 57.3 Å². The van der Waals surface area contributed by atoms with Crippen LogP contribution in [0.1, 0.15) is 16.1 Å². The molecule has 0 unspecified atom stereocenters. The third kappa shape index (κ3) is 3.80. The zero-order chi connectivity index (χ0) is 13.0. The molecule has 1 aromatic carbocycles. The standard InChI is InChI=1S/C12H8I2N2O2/c13-9-3-1-8(2-4-9)12(17)16-15-7-10-5-6-11(14)18-10/h1-7H,(H,16,17)/b15-7-. The van der Waals surface area contributed by atoms with Gasteiger partial charge in [0.1, 0.15) is 5.76 Å². The number of nitrogens with one attached hydrogen (secondary N) is 1. The van der Waals surface area contributed by atoms with Gasteiger partial charge in [0.25, 0.3) is 5.91 Å². The third-order valence-corrected chi connectivity index (χ3v) is 3.36. The number of hydrazone groups is 1. The smallest absolute Gasteiger partial charge is 0.271 e. The number of furan rings is 1. The van der Waals surface area contributed by atoms with Crippen LogP contribution in [-0.2, 0) is 0 Å². The number of rotatable bonds is 3. The Hall–Kier alpha value is -0.900. The van der Waals surface area contributed by atoms with Gasteiger partial charge in [0.15, 0.2) is 3.77 Å². The molecular formula is C12H8I2N2O2. The van der Waals surface area contributed by atoms with Crippen molar-refractivity contribution in [2.75, 3.05) is 0 Å². The van der Waals surface area contributed by atoms with Crippen molar-refractivity contribution in [3.05, 3.63) is 55.1 Å². The van der Waals surface area contributed by atoms with Gasteiger partial charge in [0.05, 0.1) is 6.21 Å². The Morgan fingerprint density at radius 2 is 1.89 bits per heavy atom. The van der Waals surface area contributed by atoms with Crippen LogP contribution in [0.2, 0.25) is 0 Å². The minimum absolute atomic E-state index is 0.246. The van der Waals surface area contributed by atoms with E-state index in [9.17, 15) is 4.79 Å². The molecule has 0 radical (unpaired) electrons. The van der Waals surface area contributed by atoms with Crippen molar-refractivity contribution in [1.82, 2.24) is 5.43 Å². The SMILES string of the molecule is O=C(N/N=C\c1ccc(I)o1)c1ccc(I)cc1. The molecule has 1 aromatic heterocycles. The van der Waals surface area contributed by atoms with Gasteiger partial charge in [0.2, 0.25) is 0 Å². The molecule has 6 heteroatoms. The molecule has 0 bridgehead atoms. The van der Waals surface area contributed by atoms with E-state index in [2.05, 4.69) is 55.7 Å². The molecule has 0 saturated heterocycles. The van der Waals surface area contributed by atoms with Gasteiger partial charge in [-0.1, -0.05) is 0 Å². The average molecular weight is 466 g/mol. The van der Waals surface area contributed by atoms with Crippen molar-refractivity contribution in [3.63, 3.8) is 0 Å². The highest BCUT2D eigenvalue weighted by atomic mass is 127. The maximum Gasteiger partial charge on any atom is 0.271 e. The Bertz CT molecular complexity index is 576. The number of halogens is 2. The van der Waals surface area contributed by atoms with Crippen molar-refractivity contribution in [1.29, 1.82) is 0 Å². The van der Waals surface area contributed by atoms with E-state index in [4.69, 9.17) is 4.42 Å². The summed E-state index contributed by atoms with van der Waals surface area (Å²) < 4.78 is 7.13. The second kappa shape index (κ2) is 6.32. The minimum atomic E-state index is -0.246. The first-order valence-electron chi connectivity index (χ1n) is 4.99. The second-order valence-electron chi connectivity index (χ2n) is 3.35. The molecule has 0 atom stereocenters. The minimum Gasteiger partial charge on any atom is -0.449 e. The first kappa shape index (κ1) is 13.5. The summed E-state index contributed by atoms with van der Waals surface area (Å²) in [5.41, 5.74) is 3.01. The van der Waals surface area contributed by atoms with E-state index in [0.717, 1.165) is 7.34 Å². The molecule has 92 valence electrons. The summed E-state index contributed by atoms with van der Waals surface area (Å²) >= 11 is 4.25. The average Bonchev–Trinajstić information content (AvgIpc) is 2.76. The Labute approximate surface area is 131 Å². The third-order valence-electron chi connectivity index (χ3n) is 2.06. The molecule has 0 spiro atoms. The van der Waals surface area contributed by atoms with Crippen LogP contribution in [0.5, 0.6) is 0 Å². The van der Waals surface area contributed by atoms with Gasteiger partial charge in [-0.05, 0) is 81.6 Å². The maximum atomic E-state index is 11.7. The second-order valence-corrected chi connectivity index (χ2v) is 5.66. The normalized spacial score (nSPS) is 10.8. The highest BCUT2D eigenvalue weighted by molar-refractivity contribution is 14.1. The lowest BCUT2D eigenvalue weighted by Gasteiger charge is -1.99. The number of benzene rings is 1. The van der Waals surface area contributed by atoms with E-state index >= 15 is 0 Å². The van der Waals surface area contributed by atoms with Gasteiger partial charge in [-0.2, -0.15) is 5.10 Å². The van der Waals surface area contributed by atoms with E-state index in [1.54, 1.807) is 18.2 Å². The summed E-state index contributed by atoms with van der Waals surface area (Å²) in [5.74, 6) is 0.353. The van der Waals surface area contributed by atoms with Gasteiger partial charge >= 0.3 is 0 Å². The highest BCUT2D eigenvalue weighted by Gasteiger charge is 2.03. The monoisotopic (exact) mass is 466 g/mol. The summed E-state index contributed by atoms with van der Waals surface area (Å²) in [5, 5.41) is 3.83. The van der Waals surface area contributed by atoms with Gasteiger partial charge in [-0.3, -0.25) is 4.79 Å². The van der Waals surface area contributed by atoms with Crippen molar-refractivity contribution in [3.8, 4) is 0 Å². The maximum absolute atomic E-state index is 11.7. The molecule has 2 rings (SSSR count). The number of hydrogen-bond donors (Lipinski definition) is 1. The molecule has 1 amide bonds. The van der Waals surface area contributed by atoms with Crippen LogP contribution < -0.4 is 5.43 Å². The van der Waals surface area contributed by atoms with Crippen molar-refractivity contribution in [2.24, 2.45) is 5.10 Å². The molecule has 0 aliphatic carbocycles. The van der Waals surface area contributed by atoms with E-state index in [1.165, 1.54) is 6.21 Å². The lowest BCUT2D eigenvalue weighted by molar-refractivity contribution is 0.0955. The molecule has 4 nitrogen and oxygen atoms in total. The Morgan fingerprint density at radius 3 is 2.50 bits per heavy atom. The largest absolute Gasteiger partial charge is 0.449 e. The molecule has 0 fully saturated rings. The van der Waals surface area contributed by atoms with E-state index in [0.29, 0.717) is 11.3 Å². The Kier molecular flexibility index (Phi) is 4.75. The van der Waals surface area contributed by atoms with E-state index in [1.807, 2.05) is 18.2 Å². The highest BCUT2D eigenvalue weighted by Crippen LogP contribution is 2.08. The van der Waals surface area contributed by atoms with Gasteiger partial charge < -0.3 is 4.42 Å². The van der Waals surface area contributed by atoms with Crippen LogP contribution in [-0.4, -0.2) is 12.1 Å². The molecule has 2 aromatic rings. The number of hydrogen-bond acceptors (Lipinski definition) is 3. The van der Waals surface area contributed by atoms with Crippen LogP contribution in [0.25, 0.3) is 0 Å². The van der Waals surface area contributed by atoms with Gasteiger partial charge in [0, 0.05) is 9.13 Å². The number of nitrogens with zero attached hydrogens (tertiary/aromatic N) is 1. The van der Waals surface area contributed by atoms with E-state index in [-0.39, 0.29) is 5.91 Å². The van der Waals surface area contributed by atoms with Crippen LogP contribution in [0.4, 0.5) is 0 Å². The summed E-state index contributed by atoms with van der Waals surface area (Å²) in [6.45, 7) is 0. The van der Waals surface area contributed by atoms with Crippen LogP contribution >= 0.6 is 45.2 Å². The van der Waals surface area contributed by atoms with Crippen LogP contribution in [0.15, 0.2) is 45.9 Å². The van der Waals surface area contributed by atoms with Gasteiger partial charge in [-0.15, -0.1) is 0 Å². The summed E-state index contributed by atoms with van der Waals surface area (Å²) in [4.78, 5) is 11.7. The molecule has 1 heterocycles. The predicted molar refractivity (Wildman–Crippen MR) is 85.6 cm³/mol.